The minimum atomic E-state index is -3.36. The van der Waals surface area contributed by atoms with Crippen molar-refractivity contribution in [2.45, 2.75) is 24.8 Å². The van der Waals surface area contributed by atoms with Crippen LogP contribution in [-0.4, -0.2) is 36.1 Å². The number of ether oxygens (including phenoxy) is 1. The molecule has 0 bridgehead atoms. The third kappa shape index (κ3) is 1.47. The zero-order valence-electron chi connectivity index (χ0n) is 8.72. The Morgan fingerprint density at radius 1 is 1.50 bits per heavy atom. The second kappa shape index (κ2) is 3.54. The monoisotopic (exact) mass is 243 g/mol. The van der Waals surface area contributed by atoms with E-state index < -0.39 is 15.3 Å². The molecule has 2 aliphatic heterocycles. The SMILES string of the molecule is O=S(=O)([C@@H]1CCOC1)n1cc2c(n1)CNC2. The number of aromatic nitrogens is 2. The minimum Gasteiger partial charge on any atom is -0.380 e. The summed E-state index contributed by atoms with van der Waals surface area (Å²) in [6.07, 6.45) is 2.17. The fourth-order valence-electron chi connectivity index (χ4n) is 2.06. The van der Waals surface area contributed by atoms with E-state index in [0.29, 0.717) is 26.1 Å². The van der Waals surface area contributed by atoms with Gasteiger partial charge in [0, 0.05) is 31.5 Å². The van der Waals surface area contributed by atoms with Crippen LogP contribution in [-0.2, 0) is 27.8 Å². The molecule has 1 aromatic heterocycles. The first kappa shape index (κ1) is 10.2. The zero-order chi connectivity index (χ0) is 11.2. The average molecular weight is 243 g/mol. The molecule has 2 aliphatic rings. The summed E-state index contributed by atoms with van der Waals surface area (Å²) in [5.41, 5.74) is 1.81. The highest BCUT2D eigenvalue weighted by molar-refractivity contribution is 7.90. The van der Waals surface area contributed by atoms with Gasteiger partial charge in [0.1, 0.15) is 5.25 Å². The van der Waals surface area contributed by atoms with Gasteiger partial charge in [0.2, 0.25) is 0 Å². The van der Waals surface area contributed by atoms with Crippen LogP contribution < -0.4 is 5.32 Å². The highest BCUT2D eigenvalue weighted by Gasteiger charge is 2.32. The number of hydrogen-bond donors (Lipinski definition) is 1. The molecule has 0 aromatic carbocycles. The number of rotatable bonds is 2. The Labute approximate surface area is 93.6 Å². The van der Waals surface area contributed by atoms with E-state index in [1.165, 1.54) is 0 Å². The summed E-state index contributed by atoms with van der Waals surface area (Å²) in [4.78, 5) is 0. The molecule has 7 heteroatoms. The Morgan fingerprint density at radius 2 is 2.38 bits per heavy atom. The van der Waals surface area contributed by atoms with E-state index in [0.717, 1.165) is 15.3 Å². The van der Waals surface area contributed by atoms with Crippen LogP contribution in [0.5, 0.6) is 0 Å². The van der Waals surface area contributed by atoms with E-state index in [2.05, 4.69) is 10.4 Å². The first-order valence-electron chi connectivity index (χ1n) is 5.28. The molecule has 1 aromatic rings. The molecular weight excluding hydrogens is 230 g/mol. The van der Waals surface area contributed by atoms with Gasteiger partial charge < -0.3 is 10.1 Å². The molecule has 1 atom stereocenters. The molecule has 16 heavy (non-hydrogen) atoms. The van der Waals surface area contributed by atoms with Crippen molar-refractivity contribution in [3.05, 3.63) is 17.5 Å². The average Bonchev–Trinajstić information content (AvgIpc) is 2.94. The van der Waals surface area contributed by atoms with Crippen LogP contribution in [0.1, 0.15) is 17.7 Å². The number of fused-ring (bicyclic) bond motifs is 1. The van der Waals surface area contributed by atoms with Crippen LogP contribution >= 0.6 is 0 Å². The normalized spacial score (nSPS) is 24.9. The van der Waals surface area contributed by atoms with Gasteiger partial charge in [0.15, 0.2) is 0 Å². The maximum Gasteiger partial charge on any atom is 0.259 e. The lowest BCUT2D eigenvalue weighted by atomic mass is 10.3. The molecule has 3 rings (SSSR count). The minimum absolute atomic E-state index is 0.283. The van der Waals surface area contributed by atoms with Crippen molar-refractivity contribution in [2.24, 2.45) is 0 Å². The topological polar surface area (TPSA) is 73.2 Å². The summed E-state index contributed by atoms with van der Waals surface area (Å²) in [6, 6.07) is 0. The molecule has 0 radical (unpaired) electrons. The Kier molecular flexibility index (Phi) is 2.27. The smallest absolute Gasteiger partial charge is 0.259 e. The molecule has 0 aliphatic carbocycles. The van der Waals surface area contributed by atoms with Crippen molar-refractivity contribution in [1.82, 2.24) is 14.5 Å². The van der Waals surface area contributed by atoms with Crippen molar-refractivity contribution in [3.8, 4) is 0 Å². The van der Waals surface area contributed by atoms with E-state index in [1.54, 1.807) is 6.20 Å². The Bertz CT molecular complexity index is 481. The maximum absolute atomic E-state index is 12.1. The number of nitrogens with zero attached hydrogens (tertiary/aromatic N) is 2. The van der Waals surface area contributed by atoms with E-state index in [1.807, 2.05) is 0 Å². The molecule has 3 heterocycles. The van der Waals surface area contributed by atoms with Crippen molar-refractivity contribution >= 4 is 10.0 Å². The Hall–Kier alpha value is -0.920. The van der Waals surface area contributed by atoms with Gasteiger partial charge >= 0.3 is 0 Å². The summed E-state index contributed by atoms with van der Waals surface area (Å²) in [6.45, 7) is 2.16. The summed E-state index contributed by atoms with van der Waals surface area (Å²) in [7, 11) is -3.36. The van der Waals surface area contributed by atoms with Crippen LogP contribution in [0.25, 0.3) is 0 Å². The van der Waals surface area contributed by atoms with Gasteiger partial charge in [-0.05, 0) is 6.42 Å². The molecule has 6 nitrogen and oxygen atoms in total. The van der Waals surface area contributed by atoms with Crippen LogP contribution in [0.4, 0.5) is 0 Å². The molecule has 0 saturated carbocycles. The summed E-state index contributed by atoms with van der Waals surface area (Å²) in [5.74, 6) is 0. The summed E-state index contributed by atoms with van der Waals surface area (Å²) >= 11 is 0. The molecule has 1 N–H and O–H groups in total. The van der Waals surface area contributed by atoms with Gasteiger partial charge in [0.05, 0.1) is 12.3 Å². The van der Waals surface area contributed by atoms with Crippen LogP contribution in [0.15, 0.2) is 6.20 Å². The standard InChI is InChI=1S/C9H13N3O3S/c13-16(14,8-1-2-15-6-8)12-5-7-3-10-4-9(7)11-12/h5,8,10H,1-4,6H2/t8-/m1/s1. The largest absolute Gasteiger partial charge is 0.380 e. The second-order valence-corrected chi connectivity index (χ2v) is 6.18. The van der Waals surface area contributed by atoms with Crippen LogP contribution in [0, 0.1) is 0 Å². The Balaban J connectivity index is 1.96. The van der Waals surface area contributed by atoms with Crippen LogP contribution in [0.3, 0.4) is 0 Å². The highest BCUT2D eigenvalue weighted by atomic mass is 32.2. The van der Waals surface area contributed by atoms with Crippen molar-refractivity contribution < 1.29 is 13.2 Å². The second-order valence-electron chi connectivity index (χ2n) is 4.11. The van der Waals surface area contributed by atoms with Gasteiger partial charge in [-0.1, -0.05) is 0 Å². The van der Waals surface area contributed by atoms with Gasteiger partial charge in [-0.15, -0.1) is 0 Å². The van der Waals surface area contributed by atoms with Crippen molar-refractivity contribution in [3.63, 3.8) is 0 Å². The molecule has 0 amide bonds. The molecule has 1 fully saturated rings. The summed E-state index contributed by atoms with van der Waals surface area (Å²) in [5, 5.41) is 6.79. The van der Waals surface area contributed by atoms with Gasteiger partial charge in [-0.3, -0.25) is 0 Å². The fourth-order valence-corrected chi connectivity index (χ4v) is 3.52. The third-order valence-electron chi connectivity index (χ3n) is 3.03. The third-order valence-corrected chi connectivity index (χ3v) is 4.96. The van der Waals surface area contributed by atoms with Crippen molar-refractivity contribution in [2.75, 3.05) is 13.2 Å². The van der Waals surface area contributed by atoms with Crippen molar-refractivity contribution in [1.29, 1.82) is 0 Å². The van der Waals surface area contributed by atoms with Gasteiger partial charge in [-0.25, -0.2) is 8.42 Å². The predicted octanol–water partition coefficient (Wildman–Crippen LogP) is -0.547. The lowest BCUT2D eigenvalue weighted by molar-refractivity contribution is 0.198. The first-order chi connectivity index (χ1) is 7.68. The van der Waals surface area contributed by atoms with Crippen LogP contribution in [0.2, 0.25) is 0 Å². The summed E-state index contributed by atoms with van der Waals surface area (Å²) < 4.78 is 30.5. The zero-order valence-corrected chi connectivity index (χ0v) is 9.53. The first-order valence-corrected chi connectivity index (χ1v) is 6.78. The number of nitrogens with one attached hydrogen (secondary N) is 1. The fraction of sp³-hybridized carbons (Fsp3) is 0.667. The maximum atomic E-state index is 12.1. The van der Waals surface area contributed by atoms with E-state index in [4.69, 9.17) is 4.74 Å². The molecule has 0 unspecified atom stereocenters. The van der Waals surface area contributed by atoms with Gasteiger partial charge in [0.25, 0.3) is 10.0 Å². The highest BCUT2D eigenvalue weighted by Crippen LogP contribution is 2.19. The molecule has 0 spiro atoms. The van der Waals surface area contributed by atoms with Gasteiger partial charge in [-0.2, -0.15) is 9.19 Å². The predicted molar refractivity (Wildman–Crippen MR) is 56.3 cm³/mol. The Morgan fingerprint density at radius 3 is 3.06 bits per heavy atom. The van der Waals surface area contributed by atoms with E-state index in [-0.39, 0.29) is 6.61 Å². The molecule has 88 valence electrons. The molecular formula is C9H13N3O3S. The molecule has 1 saturated heterocycles. The quantitative estimate of drug-likeness (QED) is 0.754. The van der Waals surface area contributed by atoms with E-state index in [9.17, 15) is 8.42 Å². The lowest BCUT2D eigenvalue weighted by Crippen LogP contribution is -2.28. The van der Waals surface area contributed by atoms with E-state index >= 15 is 0 Å². The number of hydrogen-bond acceptors (Lipinski definition) is 5. The lowest BCUT2D eigenvalue weighted by Gasteiger charge is -2.09.